The standard InChI is InChI=1S/C26H20N4O3/c27-26(29-33)17-9-6-10-18(13-17)30-22-14-21(16-7-2-1-3-8-16)19-11-4-5-12-20(19)25(22)28-23(31)15-24(30)32/h1-14,33H,15H2,(H2,27,29)(H,28,31). The molecule has 0 saturated heterocycles. The lowest BCUT2D eigenvalue weighted by Crippen LogP contribution is -2.27. The van der Waals surface area contributed by atoms with E-state index >= 15 is 0 Å². The van der Waals surface area contributed by atoms with Crippen molar-refractivity contribution >= 4 is 45.5 Å². The lowest BCUT2D eigenvalue weighted by molar-refractivity contribution is -0.124. The van der Waals surface area contributed by atoms with Crippen LogP contribution in [0.2, 0.25) is 0 Å². The van der Waals surface area contributed by atoms with E-state index in [0.29, 0.717) is 22.6 Å². The zero-order chi connectivity index (χ0) is 22.9. The summed E-state index contributed by atoms with van der Waals surface area (Å²) in [7, 11) is 0. The smallest absolute Gasteiger partial charge is 0.241 e. The van der Waals surface area contributed by atoms with Crippen molar-refractivity contribution in [3.05, 3.63) is 90.5 Å². The molecule has 0 unspecified atom stereocenters. The Morgan fingerprint density at radius 3 is 2.39 bits per heavy atom. The van der Waals surface area contributed by atoms with Crippen LogP contribution in [0.4, 0.5) is 17.1 Å². The first kappa shape index (κ1) is 20.3. The molecule has 1 aliphatic rings. The molecule has 4 aromatic carbocycles. The Labute approximate surface area is 189 Å². The first-order chi connectivity index (χ1) is 16.1. The van der Waals surface area contributed by atoms with Gasteiger partial charge in [-0.15, -0.1) is 0 Å². The van der Waals surface area contributed by atoms with Gasteiger partial charge in [0.05, 0.1) is 11.4 Å². The summed E-state index contributed by atoms with van der Waals surface area (Å²) < 4.78 is 0. The van der Waals surface area contributed by atoms with E-state index in [1.807, 2.05) is 60.7 Å². The van der Waals surface area contributed by atoms with Gasteiger partial charge >= 0.3 is 0 Å². The van der Waals surface area contributed by atoms with Crippen LogP contribution in [0.15, 0.2) is 90.1 Å². The minimum atomic E-state index is -0.381. The molecule has 7 heteroatoms. The molecule has 0 aliphatic carbocycles. The zero-order valence-electron chi connectivity index (χ0n) is 17.5. The monoisotopic (exact) mass is 436 g/mol. The van der Waals surface area contributed by atoms with Crippen molar-refractivity contribution in [3.63, 3.8) is 0 Å². The average Bonchev–Trinajstić information content (AvgIpc) is 2.98. The molecule has 0 radical (unpaired) electrons. The highest BCUT2D eigenvalue weighted by molar-refractivity contribution is 6.23. The summed E-state index contributed by atoms with van der Waals surface area (Å²) in [6.45, 7) is 0. The van der Waals surface area contributed by atoms with E-state index in [2.05, 4.69) is 10.5 Å². The first-order valence-electron chi connectivity index (χ1n) is 10.4. The van der Waals surface area contributed by atoms with Gasteiger partial charge in [-0.1, -0.05) is 71.9 Å². The Balaban J connectivity index is 1.82. The normalized spacial score (nSPS) is 14.1. The van der Waals surface area contributed by atoms with Crippen LogP contribution >= 0.6 is 0 Å². The number of hydrogen-bond acceptors (Lipinski definition) is 4. The van der Waals surface area contributed by atoms with Crippen LogP contribution in [0.1, 0.15) is 12.0 Å². The Morgan fingerprint density at radius 1 is 0.909 bits per heavy atom. The van der Waals surface area contributed by atoms with E-state index in [1.165, 1.54) is 4.90 Å². The van der Waals surface area contributed by atoms with Crippen molar-refractivity contribution in [1.82, 2.24) is 0 Å². The highest BCUT2D eigenvalue weighted by atomic mass is 16.4. The summed E-state index contributed by atoms with van der Waals surface area (Å²) in [4.78, 5) is 27.4. The molecule has 0 fully saturated rings. The summed E-state index contributed by atoms with van der Waals surface area (Å²) in [5.74, 6) is -0.830. The summed E-state index contributed by atoms with van der Waals surface area (Å²) in [5, 5.41) is 16.9. The number of rotatable bonds is 3. The number of amidine groups is 1. The molecule has 7 nitrogen and oxygen atoms in total. The minimum Gasteiger partial charge on any atom is -0.409 e. The molecule has 0 saturated carbocycles. The fraction of sp³-hybridized carbons (Fsp3) is 0.0385. The maximum absolute atomic E-state index is 13.3. The third kappa shape index (κ3) is 3.55. The average molecular weight is 436 g/mol. The van der Waals surface area contributed by atoms with Crippen molar-refractivity contribution in [2.75, 3.05) is 10.2 Å². The van der Waals surface area contributed by atoms with Gasteiger partial charge in [-0.05, 0) is 34.7 Å². The molecule has 1 heterocycles. The zero-order valence-corrected chi connectivity index (χ0v) is 17.5. The molecule has 0 atom stereocenters. The van der Waals surface area contributed by atoms with Gasteiger partial charge in [0.25, 0.3) is 0 Å². The predicted molar refractivity (Wildman–Crippen MR) is 129 cm³/mol. The Bertz CT molecular complexity index is 1430. The number of carbonyl (C=O) groups is 2. The second-order valence-corrected chi connectivity index (χ2v) is 7.72. The number of fused-ring (bicyclic) bond motifs is 3. The third-order valence-electron chi connectivity index (χ3n) is 5.68. The summed E-state index contributed by atoms with van der Waals surface area (Å²) in [6, 6.07) is 26.4. The Hall–Kier alpha value is -4.65. The quantitative estimate of drug-likeness (QED) is 0.143. The Morgan fingerprint density at radius 2 is 1.64 bits per heavy atom. The van der Waals surface area contributed by atoms with Crippen molar-refractivity contribution < 1.29 is 14.8 Å². The number of anilines is 3. The van der Waals surface area contributed by atoms with E-state index in [1.54, 1.807) is 24.3 Å². The molecule has 0 spiro atoms. The molecular weight excluding hydrogens is 416 g/mol. The van der Waals surface area contributed by atoms with Crippen LogP contribution in [0.3, 0.4) is 0 Å². The number of oxime groups is 1. The molecule has 2 amide bonds. The Kier molecular flexibility index (Phi) is 4.99. The number of nitrogens with one attached hydrogen (secondary N) is 1. The number of nitrogens with two attached hydrogens (primary N) is 1. The maximum Gasteiger partial charge on any atom is 0.241 e. The molecule has 33 heavy (non-hydrogen) atoms. The van der Waals surface area contributed by atoms with Gasteiger partial charge in [-0.25, -0.2) is 0 Å². The number of hydrogen-bond donors (Lipinski definition) is 3. The molecule has 0 bridgehead atoms. The van der Waals surface area contributed by atoms with E-state index in [0.717, 1.165) is 21.9 Å². The summed E-state index contributed by atoms with van der Waals surface area (Å²) in [5.41, 5.74) is 9.79. The molecule has 4 aromatic rings. The van der Waals surface area contributed by atoms with Crippen molar-refractivity contribution in [2.45, 2.75) is 6.42 Å². The van der Waals surface area contributed by atoms with Crippen LogP contribution in [-0.2, 0) is 9.59 Å². The van der Waals surface area contributed by atoms with E-state index in [9.17, 15) is 9.59 Å². The van der Waals surface area contributed by atoms with Crippen LogP contribution < -0.4 is 16.0 Å². The molecule has 0 aromatic heterocycles. The minimum absolute atomic E-state index is 0.0722. The van der Waals surface area contributed by atoms with Gasteiger partial charge in [0.2, 0.25) is 11.8 Å². The second kappa shape index (κ2) is 8.12. The molecule has 4 N–H and O–H groups in total. The van der Waals surface area contributed by atoms with Crippen molar-refractivity contribution in [3.8, 4) is 11.1 Å². The van der Waals surface area contributed by atoms with Crippen molar-refractivity contribution in [2.24, 2.45) is 10.9 Å². The molecular formula is C26H20N4O3. The van der Waals surface area contributed by atoms with Gasteiger partial charge in [0.15, 0.2) is 5.84 Å². The topological polar surface area (TPSA) is 108 Å². The highest BCUT2D eigenvalue weighted by Gasteiger charge is 2.30. The van der Waals surface area contributed by atoms with Crippen LogP contribution in [0.25, 0.3) is 21.9 Å². The van der Waals surface area contributed by atoms with E-state index in [-0.39, 0.29) is 24.1 Å². The molecule has 162 valence electrons. The van der Waals surface area contributed by atoms with Gasteiger partial charge in [-0.2, -0.15) is 0 Å². The van der Waals surface area contributed by atoms with Gasteiger partial charge in [0.1, 0.15) is 6.42 Å². The molecule has 5 rings (SSSR count). The van der Waals surface area contributed by atoms with E-state index in [4.69, 9.17) is 10.9 Å². The lowest BCUT2D eigenvalue weighted by Gasteiger charge is -2.25. The highest BCUT2D eigenvalue weighted by Crippen LogP contribution is 2.44. The number of nitrogens with zero attached hydrogens (tertiary/aromatic N) is 2. The maximum atomic E-state index is 13.3. The predicted octanol–water partition coefficient (Wildman–Crippen LogP) is 4.61. The molecule has 1 aliphatic heterocycles. The number of benzene rings is 4. The van der Waals surface area contributed by atoms with Crippen LogP contribution in [-0.4, -0.2) is 22.9 Å². The van der Waals surface area contributed by atoms with Gasteiger partial charge < -0.3 is 16.3 Å². The summed E-state index contributed by atoms with van der Waals surface area (Å²) in [6.07, 6.45) is -0.308. The van der Waals surface area contributed by atoms with Crippen LogP contribution in [0.5, 0.6) is 0 Å². The third-order valence-corrected chi connectivity index (χ3v) is 5.68. The summed E-state index contributed by atoms with van der Waals surface area (Å²) >= 11 is 0. The lowest BCUT2D eigenvalue weighted by atomic mass is 9.95. The SMILES string of the molecule is N/C(=N\O)c1cccc(N2C(=O)CC(=O)Nc3c2cc(-c2ccccc2)c2ccccc32)c1. The van der Waals surface area contributed by atoms with Gasteiger partial charge in [0, 0.05) is 16.6 Å². The fourth-order valence-corrected chi connectivity index (χ4v) is 4.20. The largest absolute Gasteiger partial charge is 0.409 e. The number of carbonyl (C=O) groups excluding carboxylic acids is 2. The van der Waals surface area contributed by atoms with E-state index < -0.39 is 0 Å². The van der Waals surface area contributed by atoms with Gasteiger partial charge in [-0.3, -0.25) is 14.5 Å². The van der Waals surface area contributed by atoms with Crippen LogP contribution in [0, 0.1) is 0 Å². The second-order valence-electron chi connectivity index (χ2n) is 7.72. The fourth-order valence-electron chi connectivity index (χ4n) is 4.20. The number of amides is 2. The van der Waals surface area contributed by atoms with Crippen molar-refractivity contribution in [1.29, 1.82) is 0 Å². The first-order valence-corrected chi connectivity index (χ1v) is 10.4.